The summed E-state index contributed by atoms with van der Waals surface area (Å²) in [5.74, 6) is 0.511. The van der Waals surface area contributed by atoms with Crippen LogP contribution in [-0.2, 0) is 17.9 Å². The first kappa shape index (κ1) is 22.2. The molecule has 8 heteroatoms. The number of anilines is 1. The molecule has 4 N–H and O–H groups in total. The molecule has 1 aromatic heterocycles. The minimum Gasteiger partial charge on any atom is -0.496 e. The summed E-state index contributed by atoms with van der Waals surface area (Å²) < 4.78 is 11.3. The summed E-state index contributed by atoms with van der Waals surface area (Å²) in [5, 5.41) is 15.8. The number of rotatable bonds is 12. The molecule has 0 amide bonds. The second-order valence-electron chi connectivity index (χ2n) is 5.91. The Morgan fingerprint density at radius 3 is 2.83 bits per heavy atom. The fourth-order valence-corrected chi connectivity index (χ4v) is 3.24. The van der Waals surface area contributed by atoms with Crippen molar-refractivity contribution >= 4 is 36.2 Å². The summed E-state index contributed by atoms with van der Waals surface area (Å²) in [7, 11) is 1.55. The lowest BCUT2D eigenvalue weighted by Gasteiger charge is -2.16. The number of hydrogen-bond donors (Lipinski definition) is 3. The fourth-order valence-electron chi connectivity index (χ4n) is 2.57. The van der Waals surface area contributed by atoms with Gasteiger partial charge in [0.2, 0.25) is 0 Å². The average molecular weight is 416 g/mol. The number of methoxy groups -OCH3 is 1. The van der Waals surface area contributed by atoms with Gasteiger partial charge in [-0.25, -0.2) is 0 Å². The molecule has 7 nitrogen and oxygen atoms in total. The van der Waals surface area contributed by atoms with Crippen LogP contribution in [0.4, 0.5) is 5.69 Å². The Hall–Kier alpha value is -3.07. The molecule has 0 aliphatic rings. The lowest BCUT2D eigenvalue weighted by atomic mass is 10.0. The third kappa shape index (κ3) is 6.49. The van der Waals surface area contributed by atoms with Crippen LogP contribution in [0.2, 0.25) is 0 Å². The van der Waals surface area contributed by atoms with Crippen molar-refractivity contribution in [3.63, 3.8) is 0 Å². The molecular weight excluding hydrogens is 386 g/mol. The lowest BCUT2D eigenvalue weighted by molar-refractivity contribution is 0.101. The molecule has 1 heterocycles. The van der Waals surface area contributed by atoms with E-state index in [0.717, 1.165) is 12.1 Å². The molecule has 0 radical (unpaired) electrons. The topological polar surface area (TPSA) is 105 Å². The maximum Gasteiger partial charge on any atom is 0.135 e. The second kappa shape index (κ2) is 11.7. The largest absolute Gasteiger partial charge is 0.496 e. The van der Waals surface area contributed by atoms with E-state index in [1.54, 1.807) is 36.7 Å². The van der Waals surface area contributed by atoms with Gasteiger partial charge in [-0.3, -0.25) is 15.3 Å². The van der Waals surface area contributed by atoms with E-state index < -0.39 is 0 Å². The first-order valence-electron chi connectivity index (χ1n) is 8.75. The van der Waals surface area contributed by atoms with Crippen LogP contribution >= 0.6 is 11.3 Å². The average Bonchev–Trinajstić information content (AvgIpc) is 3.24. The molecule has 0 saturated carbocycles. The van der Waals surface area contributed by atoms with Crippen LogP contribution < -0.4 is 15.8 Å². The number of nitrogens with one attached hydrogen (secondary N) is 2. The predicted octanol–water partition coefficient (Wildman–Crippen LogP) is 4.26. The zero-order chi connectivity index (χ0) is 21.1. The van der Waals surface area contributed by atoms with Crippen LogP contribution in [0.3, 0.4) is 0 Å². The summed E-state index contributed by atoms with van der Waals surface area (Å²) >= 11 is 1.66. The van der Waals surface area contributed by atoms with Crippen LogP contribution in [0, 0.1) is 5.41 Å². The van der Waals surface area contributed by atoms with E-state index in [2.05, 4.69) is 40.2 Å². The van der Waals surface area contributed by atoms with Gasteiger partial charge >= 0.3 is 0 Å². The molecule has 0 atom stereocenters. The molecule has 0 spiro atoms. The molecule has 0 aliphatic carbocycles. The second-order valence-corrected chi connectivity index (χ2v) is 6.70. The number of nitrogens with two attached hydrogens (primary N) is 1. The molecule has 0 fully saturated rings. The minimum atomic E-state index is 0. The highest BCUT2D eigenvalue weighted by molar-refractivity contribution is 7.07. The van der Waals surface area contributed by atoms with E-state index in [4.69, 9.17) is 20.6 Å². The highest BCUT2D eigenvalue weighted by atomic mass is 32.1. The molecule has 2 aromatic rings. The van der Waals surface area contributed by atoms with E-state index in [-0.39, 0.29) is 8.56 Å². The Balaban J connectivity index is 0.00000450. The van der Waals surface area contributed by atoms with Gasteiger partial charge < -0.3 is 20.6 Å². The summed E-state index contributed by atoms with van der Waals surface area (Å²) in [6.07, 6.45) is 4.62. The SMILES string of the molecule is C=N/C=C(/C=C/C(=N)c1c(N)ccc(COCNCc2ccsc2)c1OC)N=C.[HH].[HH]. The maximum absolute atomic E-state index is 8.40. The minimum absolute atomic E-state index is 0. The molecule has 1 aromatic carbocycles. The van der Waals surface area contributed by atoms with Gasteiger partial charge in [0.15, 0.2) is 0 Å². The highest BCUT2D eigenvalue weighted by Crippen LogP contribution is 2.30. The zero-order valence-electron chi connectivity index (χ0n) is 16.4. The quantitative estimate of drug-likeness (QED) is 0.158. The molecule has 2 rings (SSSR count). The predicted molar refractivity (Wildman–Crippen MR) is 126 cm³/mol. The number of nitrogen functional groups attached to an aromatic ring is 1. The summed E-state index contributed by atoms with van der Waals surface area (Å²) in [6.45, 7) is 8.31. The van der Waals surface area contributed by atoms with Crippen molar-refractivity contribution in [2.75, 3.05) is 19.6 Å². The first-order chi connectivity index (χ1) is 14.1. The van der Waals surface area contributed by atoms with Gasteiger partial charge in [0.1, 0.15) is 5.75 Å². The van der Waals surface area contributed by atoms with Gasteiger partial charge in [-0.1, -0.05) is 6.07 Å². The molecule has 0 unspecified atom stereocenters. The Morgan fingerprint density at radius 1 is 1.34 bits per heavy atom. The number of ether oxygens (including phenoxy) is 2. The van der Waals surface area contributed by atoms with E-state index in [1.807, 2.05) is 11.4 Å². The summed E-state index contributed by atoms with van der Waals surface area (Å²) in [6, 6.07) is 5.65. The van der Waals surface area contributed by atoms with Crippen LogP contribution in [0.1, 0.15) is 19.5 Å². The van der Waals surface area contributed by atoms with Crippen LogP contribution in [0.5, 0.6) is 5.75 Å². The standard InChI is InChI=1S/C21H25N5O2S.2H2/c1-24-11-17(25-2)5-7-19(23)20-18(22)6-4-16(21(20)27-3)12-28-14-26-10-15-8-9-29-13-15;;/h4-9,11,13,23,26H,1-2,10,12,14,22H2,3H3;2*1H/b7-5+,17-11-,23-19?;;. The van der Waals surface area contributed by atoms with Gasteiger partial charge in [-0.05, 0) is 54.0 Å². The normalized spacial score (nSPS) is 11.6. The number of aliphatic imine (C=N–C) groups is 2. The summed E-state index contributed by atoms with van der Waals surface area (Å²) in [5.41, 5.74) is 9.73. The molecule has 29 heavy (non-hydrogen) atoms. The van der Waals surface area contributed by atoms with Crippen molar-refractivity contribution in [3.8, 4) is 5.75 Å². The van der Waals surface area contributed by atoms with Gasteiger partial charge in [-0.2, -0.15) is 11.3 Å². The number of thiophene rings is 1. The molecular formula is C21H29N5O2S. The van der Waals surface area contributed by atoms with Gasteiger partial charge in [0.05, 0.1) is 43.6 Å². The van der Waals surface area contributed by atoms with E-state index in [1.165, 1.54) is 11.8 Å². The number of hydrogen-bond acceptors (Lipinski definition) is 8. The van der Waals surface area contributed by atoms with Crippen molar-refractivity contribution in [1.82, 2.24) is 5.32 Å². The molecule has 0 aliphatic heterocycles. The Labute approximate surface area is 177 Å². The molecule has 0 saturated heterocycles. The lowest BCUT2D eigenvalue weighted by Crippen LogP contribution is -2.17. The van der Waals surface area contributed by atoms with Gasteiger partial charge in [0, 0.05) is 20.6 Å². The Bertz CT molecular complexity index is 915. The van der Waals surface area contributed by atoms with Crippen molar-refractivity contribution in [2.45, 2.75) is 13.2 Å². The van der Waals surface area contributed by atoms with Crippen molar-refractivity contribution < 1.29 is 12.3 Å². The molecule has 0 bridgehead atoms. The smallest absolute Gasteiger partial charge is 0.135 e. The van der Waals surface area contributed by atoms with Crippen LogP contribution in [-0.4, -0.2) is 33.0 Å². The Morgan fingerprint density at radius 2 is 2.17 bits per heavy atom. The van der Waals surface area contributed by atoms with E-state index in [0.29, 0.717) is 36.0 Å². The van der Waals surface area contributed by atoms with Crippen LogP contribution in [0.25, 0.3) is 0 Å². The van der Waals surface area contributed by atoms with E-state index >= 15 is 0 Å². The fraction of sp³-hybridized carbons (Fsp3) is 0.190. The van der Waals surface area contributed by atoms with Crippen molar-refractivity contribution in [1.29, 1.82) is 5.41 Å². The Kier molecular flexibility index (Phi) is 8.97. The number of nitrogens with zero attached hydrogens (tertiary/aromatic N) is 2. The molecule has 156 valence electrons. The van der Waals surface area contributed by atoms with Gasteiger partial charge in [0.25, 0.3) is 0 Å². The maximum atomic E-state index is 8.40. The van der Waals surface area contributed by atoms with Crippen molar-refractivity contribution in [2.24, 2.45) is 9.98 Å². The first-order valence-corrected chi connectivity index (χ1v) is 9.69. The van der Waals surface area contributed by atoms with Crippen molar-refractivity contribution in [3.05, 3.63) is 69.7 Å². The third-order valence-electron chi connectivity index (χ3n) is 3.94. The zero-order valence-corrected chi connectivity index (χ0v) is 17.2. The monoisotopic (exact) mass is 415 g/mol. The number of benzene rings is 1. The van der Waals surface area contributed by atoms with Crippen LogP contribution in [0.15, 0.2) is 63.0 Å². The third-order valence-corrected chi connectivity index (χ3v) is 4.67. The summed E-state index contributed by atoms with van der Waals surface area (Å²) in [4.78, 5) is 7.46. The number of allylic oxidation sites excluding steroid dienone is 2. The highest BCUT2D eigenvalue weighted by Gasteiger charge is 2.15. The van der Waals surface area contributed by atoms with Gasteiger partial charge in [-0.15, -0.1) is 0 Å². The van der Waals surface area contributed by atoms with E-state index in [9.17, 15) is 0 Å².